The number of allylic oxidation sites excluding steroid dienone is 1. The monoisotopic (exact) mass is 268 g/mol. The molecule has 0 fully saturated rings. The second-order valence-electron chi connectivity index (χ2n) is 4.76. The lowest BCUT2D eigenvalue weighted by Gasteiger charge is -2.25. The predicted octanol–water partition coefficient (Wildman–Crippen LogP) is 1.41. The molecule has 0 saturated carbocycles. The summed E-state index contributed by atoms with van der Waals surface area (Å²) in [5, 5.41) is 0. The molecule has 0 aromatic heterocycles. The van der Waals surface area contributed by atoms with Gasteiger partial charge >= 0.3 is 0 Å². The van der Waals surface area contributed by atoms with Crippen molar-refractivity contribution in [1.29, 1.82) is 0 Å². The number of primary amides is 1. The highest BCUT2D eigenvalue weighted by atomic mass is 16.2. The fourth-order valence-electron chi connectivity index (χ4n) is 1.59. The van der Waals surface area contributed by atoms with Crippen molar-refractivity contribution >= 4 is 17.6 Å². The molecular weight excluding hydrogens is 244 g/mol. The van der Waals surface area contributed by atoms with Gasteiger partial charge < -0.3 is 10.6 Å². The van der Waals surface area contributed by atoms with E-state index in [9.17, 15) is 14.4 Å². The summed E-state index contributed by atoms with van der Waals surface area (Å²) in [6.07, 6.45) is 3.34. The molecule has 0 spiro atoms. The van der Waals surface area contributed by atoms with E-state index in [0.717, 1.165) is 0 Å². The maximum absolute atomic E-state index is 11.8. The SMILES string of the molecule is CCC(=O)C(=O)N(CCC/C=C(\C)C(N)=O)C(C)C. The van der Waals surface area contributed by atoms with Gasteiger partial charge in [0.25, 0.3) is 5.91 Å². The van der Waals surface area contributed by atoms with E-state index in [-0.39, 0.29) is 18.2 Å². The third-order valence-electron chi connectivity index (χ3n) is 2.89. The molecule has 0 unspecified atom stereocenters. The van der Waals surface area contributed by atoms with E-state index in [1.165, 1.54) is 0 Å². The zero-order valence-corrected chi connectivity index (χ0v) is 12.2. The molecule has 0 radical (unpaired) electrons. The first-order valence-electron chi connectivity index (χ1n) is 6.61. The molecule has 2 N–H and O–H groups in total. The Bertz CT molecular complexity index is 373. The first-order valence-corrected chi connectivity index (χ1v) is 6.61. The summed E-state index contributed by atoms with van der Waals surface area (Å²) in [6, 6.07) is -0.00998. The Kier molecular flexibility index (Phi) is 7.72. The van der Waals surface area contributed by atoms with E-state index in [4.69, 9.17) is 5.73 Å². The van der Waals surface area contributed by atoms with Crippen molar-refractivity contribution in [3.8, 4) is 0 Å². The molecule has 108 valence electrons. The van der Waals surface area contributed by atoms with Crippen molar-refractivity contribution in [3.63, 3.8) is 0 Å². The Morgan fingerprint density at radius 3 is 2.26 bits per heavy atom. The fraction of sp³-hybridized carbons (Fsp3) is 0.643. The maximum atomic E-state index is 11.8. The van der Waals surface area contributed by atoms with E-state index in [1.807, 2.05) is 13.8 Å². The minimum absolute atomic E-state index is 0.00998. The summed E-state index contributed by atoms with van der Waals surface area (Å²) in [4.78, 5) is 35.6. The fourth-order valence-corrected chi connectivity index (χ4v) is 1.59. The highest BCUT2D eigenvalue weighted by molar-refractivity contribution is 6.36. The minimum atomic E-state index is -0.432. The van der Waals surface area contributed by atoms with E-state index in [1.54, 1.807) is 24.8 Å². The highest BCUT2D eigenvalue weighted by Gasteiger charge is 2.21. The lowest BCUT2D eigenvalue weighted by Crippen LogP contribution is -2.41. The van der Waals surface area contributed by atoms with Crippen molar-refractivity contribution < 1.29 is 14.4 Å². The molecule has 0 aliphatic carbocycles. The summed E-state index contributed by atoms with van der Waals surface area (Å²) >= 11 is 0. The molecule has 5 heteroatoms. The van der Waals surface area contributed by atoms with Crippen LogP contribution in [-0.2, 0) is 14.4 Å². The molecule has 0 bridgehead atoms. The molecule has 0 aliphatic heterocycles. The number of rotatable bonds is 8. The van der Waals surface area contributed by atoms with Crippen molar-refractivity contribution in [3.05, 3.63) is 11.6 Å². The highest BCUT2D eigenvalue weighted by Crippen LogP contribution is 2.06. The van der Waals surface area contributed by atoms with Gasteiger partial charge in [-0.15, -0.1) is 0 Å². The van der Waals surface area contributed by atoms with E-state index in [0.29, 0.717) is 25.0 Å². The second-order valence-corrected chi connectivity index (χ2v) is 4.76. The third kappa shape index (κ3) is 6.18. The normalized spacial score (nSPS) is 11.5. The van der Waals surface area contributed by atoms with Crippen LogP contribution in [0.15, 0.2) is 11.6 Å². The van der Waals surface area contributed by atoms with Crippen LogP contribution in [0.2, 0.25) is 0 Å². The van der Waals surface area contributed by atoms with Gasteiger partial charge in [-0.2, -0.15) is 0 Å². The van der Waals surface area contributed by atoms with E-state index >= 15 is 0 Å². The van der Waals surface area contributed by atoms with Crippen LogP contribution in [0, 0.1) is 0 Å². The Labute approximate surface area is 114 Å². The molecule has 19 heavy (non-hydrogen) atoms. The first kappa shape index (κ1) is 17.4. The van der Waals surface area contributed by atoms with Crippen molar-refractivity contribution in [2.45, 2.75) is 53.0 Å². The van der Waals surface area contributed by atoms with Gasteiger partial charge in [-0.1, -0.05) is 13.0 Å². The summed E-state index contributed by atoms with van der Waals surface area (Å²) in [5.74, 6) is -1.22. The summed E-state index contributed by atoms with van der Waals surface area (Å²) in [7, 11) is 0. The number of carbonyl (C=O) groups is 3. The number of hydrogen-bond acceptors (Lipinski definition) is 3. The molecule has 0 heterocycles. The van der Waals surface area contributed by atoms with E-state index in [2.05, 4.69) is 0 Å². The average molecular weight is 268 g/mol. The molecular formula is C14H24N2O3. The molecule has 0 saturated heterocycles. The van der Waals surface area contributed by atoms with Crippen molar-refractivity contribution in [1.82, 2.24) is 4.90 Å². The number of ketones is 1. The third-order valence-corrected chi connectivity index (χ3v) is 2.89. The summed E-state index contributed by atoms with van der Waals surface area (Å²) < 4.78 is 0. The number of Topliss-reactive ketones (excluding diaryl/α,β-unsaturated/α-hetero) is 1. The molecule has 0 aromatic rings. The largest absolute Gasteiger partial charge is 0.366 e. The zero-order chi connectivity index (χ0) is 15.0. The van der Waals surface area contributed by atoms with Crippen LogP contribution >= 0.6 is 0 Å². The number of unbranched alkanes of at least 4 members (excludes halogenated alkanes) is 1. The lowest BCUT2D eigenvalue weighted by atomic mass is 10.1. The molecule has 2 amide bonds. The molecule has 0 aromatic carbocycles. The van der Waals surface area contributed by atoms with Gasteiger partial charge in [-0.3, -0.25) is 14.4 Å². The quantitative estimate of drug-likeness (QED) is 0.410. The smallest absolute Gasteiger partial charge is 0.290 e. The zero-order valence-electron chi connectivity index (χ0n) is 12.2. The topological polar surface area (TPSA) is 80.5 Å². The van der Waals surface area contributed by atoms with Crippen LogP contribution in [-0.4, -0.2) is 35.1 Å². The van der Waals surface area contributed by atoms with Crippen LogP contribution in [0.3, 0.4) is 0 Å². The molecule has 0 aliphatic rings. The minimum Gasteiger partial charge on any atom is -0.366 e. The maximum Gasteiger partial charge on any atom is 0.290 e. The Morgan fingerprint density at radius 1 is 1.26 bits per heavy atom. The van der Waals surface area contributed by atoms with Gasteiger partial charge in [0.1, 0.15) is 0 Å². The number of carbonyl (C=O) groups excluding carboxylic acids is 3. The molecule has 5 nitrogen and oxygen atoms in total. The van der Waals surface area contributed by atoms with Crippen LogP contribution < -0.4 is 5.73 Å². The number of amides is 2. The van der Waals surface area contributed by atoms with Crippen molar-refractivity contribution in [2.24, 2.45) is 5.73 Å². The lowest BCUT2D eigenvalue weighted by molar-refractivity contribution is -0.145. The van der Waals surface area contributed by atoms with Crippen LogP contribution in [0.4, 0.5) is 0 Å². The number of nitrogens with zero attached hydrogens (tertiary/aromatic N) is 1. The average Bonchev–Trinajstić information content (AvgIpc) is 2.35. The first-order chi connectivity index (χ1) is 8.81. The standard InChI is InChI=1S/C14H24N2O3/c1-5-12(17)14(19)16(10(2)3)9-7-6-8-11(4)13(15)18/h8,10H,5-7,9H2,1-4H3,(H2,15,18)/b11-8+. The van der Waals surface area contributed by atoms with Gasteiger partial charge in [-0.05, 0) is 33.6 Å². The second kappa shape index (κ2) is 8.45. The van der Waals surface area contributed by atoms with Crippen LogP contribution in [0.5, 0.6) is 0 Å². The van der Waals surface area contributed by atoms with Crippen LogP contribution in [0.25, 0.3) is 0 Å². The van der Waals surface area contributed by atoms with Crippen molar-refractivity contribution in [2.75, 3.05) is 6.54 Å². The van der Waals surface area contributed by atoms with Gasteiger partial charge in [0, 0.05) is 24.6 Å². The Balaban J connectivity index is 4.39. The van der Waals surface area contributed by atoms with Gasteiger partial charge in [0.15, 0.2) is 0 Å². The Morgan fingerprint density at radius 2 is 1.84 bits per heavy atom. The van der Waals surface area contributed by atoms with Gasteiger partial charge in [0.05, 0.1) is 0 Å². The molecule has 0 rings (SSSR count). The predicted molar refractivity (Wildman–Crippen MR) is 74.3 cm³/mol. The van der Waals surface area contributed by atoms with E-state index < -0.39 is 11.8 Å². The van der Waals surface area contributed by atoms with Gasteiger partial charge in [-0.25, -0.2) is 0 Å². The summed E-state index contributed by atoms with van der Waals surface area (Å²) in [5.41, 5.74) is 5.64. The Hall–Kier alpha value is -1.65. The van der Waals surface area contributed by atoms with Gasteiger partial charge in [0.2, 0.25) is 11.7 Å². The number of nitrogens with two attached hydrogens (primary N) is 1. The summed E-state index contributed by atoms with van der Waals surface area (Å²) in [6.45, 7) is 7.60. The van der Waals surface area contributed by atoms with Crippen LogP contribution in [0.1, 0.15) is 47.0 Å². The molecule has 0 atom stereocenters. The number of hydrogen-bond donors (Lipinski definition) is 1.